The summed E-state index contributed by atoms with van der Waals surface area (Å²) in [5.41, 5.74) is 1.08. The van der Waals surface area contributed by atoms with Gasteiger partial charge in [0.15, 0.2) is 0 Å². The van der Waals surface area contributed by atoms with Gasteiger partial charge in [0.1, 0.15) is 5.75 Å². The van der Waals surface area contributed by atoms with E-state index in [-0.39, 0.29) is 12.5 Å². The molecule has 88 valence electrons. The second kappa shape index (κ2) is 6.01. The second-order valence-electron chi connectivity index (χ2n) is 3.79. The van der Waals surface area contributed by atoms with Crippen LogP contribution in [0.3, 0.4) is 0 Å². The molecule has 3 nitrogen and oxygen atoms in total. The summed E-state index contributed by atoms with van der Waals surface area (Å²) in [7, 11) is 0. The van der Waals surface area contributed by atoms with Crippen LogP contribution in [0.25, 0.3) is 0 Å². The zero-order valence-corrected chi connectivity index (χ0v) is 9.49. The molecule has 0 spiro atoms. The number of benzene rings is 1. The maximum Gasteiger partial charge on any atom is 0.137 e. The molecule has 17 heavy (non-hydrogen) atoms. The smallest absolute Gasteiger partial charge is 0.137 e. The maximum atomic E-state index is 9.36. The van der Waals surface area contributed by atoms with Gasteiger partial charge in [-0.1, -0.05) is 30.3 Å². The highest BCUT2D eigenvalue weighted by Gasteiger charge is 2.10. The number of aliphatic hydroxyl groups excluding tert-OH is 1. The van der Waals surface area contributed by atoms with Crippen LogP contribution in [0.4, 0.5) is 0 Å². The minimum Gasteiger partial charge on any atom is -0.491 e. The maximum absolute atomic E-state index is 9.36. The molecule has 0 saturated carbocycles. The molecule has 1 N–H and O–H groups in total. The molecule has 0 radical (unpaired) electrons. The fraction of sp³-hybridized carbons (Fsp3) is 0.214. The first kappa shape index (κ1) is 11.6. The van der Waals surface area contributed by atoms with Crippen molar-refractivity contribution in [2.24, 2.45) is 0 Å². The van der Waals surface area contributed by atoms with E-state index in [9.17, 15) is 5.11 Å². The molecule has 1 atom stereocenters. The van der Waals surface area contributed by atoms with E-state index in [1.165, 1.54) is 0 Å². The van der Waals surface area contributed by atoms with Gasteiger partial charge in [-0.3, -0.25) is 4.98 Å². The lowest BCUT2D eigenvalue weighted by Crippen LogP contribution is -2.14. The molecule has 0 aliphatic heterocycles. The summed E-state index contributed by atoms with van der Waals surface area (Å²) in [6, 6.07) is 13.5. The SMILES string of the molecule is OCC(COc1cccnc1)c1ccccc1. The topological polar surface area (TPSA) is 42.4 Å². The third-order valence-corrected chi connectivity index (χ3v) is 2.58. The standard InChI is InChI=1S/C14H15NO2/c16-10-13(12-5-2-1-3-6-12)11-17-14-7-4-8-15-9-14/h1-9,13,16H,10-11H2. The van der Waals surface area contributed by atoms with Crippen molar-refractivity contribution in [3.63, 3.8) is 0 Å². The Hall–Kier alpha value is -1.87. The molecule has 1 aromatic carbocycles. The average Bonchev–Trinajstić information content (AvgIpc) is 2.42. The van der Waals surface area contributed by atoms with Crippen LogP contribution in [0.15, 0.2) is 54.9 Å². The second-order valence-corrected chi connectivity index (χ2v) is 3.79. The number of aliphatic hydroxyl groups is 1. The van der Waals surface area contributed by atoms with E-state index in [1.54, 1.807) is 12.4 Å². The highest BCUT2D eigenvalue weighted by Crippen LogP contribution is 2.17. The van der Waals surface area contributed by atoms with Crippen LogP contribution in [0.5, 0.6) is 5.75 Å². The predicted octanol–water partition coefficient (Wildman–Crippen LogP) is 2.24. The Morgan fingerprint density at radius 2 is 1.94 bits per heavy atom. The zero-order valence-electron chi connectivity index (χ0n) is 9.49. The lowest BCUT2D eigenvalue weighted by molar-refractivity contribution is 0.204. The number of pyridine rings is 1. The van der Waals surface area contributed by atoms with E-state index in [0.717, 1.165) is 11.3 Å². The quantitative estimate of drug-likeness (QED) is 0.855. The van der Waals surface area contributed by atoms with E-state index in [0.29, 0.717) is 6.61 Å². The van der Waals surface area contributed by atoms with Gasteiger partial charge in [0.05, 0.1) is 19.4 Å². The molecule has 1 aromatic heterocycles. The van der Waals surface area contributed by atoms with E-state index in [4.69, 9.17) is 4.74 Å². The molecule has 0 aliphatic rings. The van der Waals surface area contributed by atoms with Crippen molar-refractivity contribution in [1.82, 2.24) is 4.98 Å². The summed E-state index contributed by atoms with van der Waals surface area (Å²) in [5.74, 6) is 0.721. The van der Waals surface area contributed by atoms with Crippen LogP contribution in [0.2, 0.25) is 0 Å². The first-order chi connectivity index (χ1) is 8.40. The Morgan fingerprint density at radius 1 is 1.12 bits per heavy atom. The lowest BCUT2D eigenvalue weighted by Gasteiger charge is -2.15. The van der Waals surface area contributed by atoms with Crippen molar-refractivity contribution >= 4 is 0 Å². The van der Waals surface area contributed by atoms with Gasteiger partial charge in [-0.2, -0.15) is 0 Å². The van der Waals surface area contributed by atoms with Crippen molar-refractivity contribution in [3.05, 3.63) is 60.4 Å². The molecule has 0 bridgehead atoms. The first-order valence-corrected chi connectivity index (χ1v) is 5.59. The Kier molecular flexibility index (Phi) is 4.11. The van der Waals surface area contributed by atoms with E-state index < -0.39 is 0 Å². The van der Waals surface area contributed by atoms with Gasteiger partial charge in [-0.25, -0.2) is 0 Å². The third-order valence-electron chi connectivity index (χ3n) is 2.58. The van der Waals surface area contributed by atoms with E-state index >= 15 is 0 Å². The van der Waals surface area contributed by atoms with Gasteiger partial charge in [0.2, 0.25) is 0 Å². The first-order valence-electron chi connectivity index (χ1n) is 5.59. The molecule has 2 aromatic rings. The fourth-order valence-electron chi connectivity index (χ4n) is 1.61. The Balaban J connectivity index is 1.97. The Labute approximate surface area is 101 Å². The van der Waals surface area contributed by atoms with Crippen LogP contribution in [0.1, 0.15) is 11.5 Å². The minimum absolute atomic E-state index is 0.00333. The molecule has 2 rings (SSSR count). The van der Waals surface area contributed by atoms with Crippen molar-refractivity contribution in [2.45, 2.75) is 5.92 Å². The van der Waals surface area contributed by atoms with Crippen LogP contribution in [-0.2, 0) is 0 Å². The van der Waals surface area contributed by atoms with Crippen LogP contribution < -0.4 is 4.74 Å². The van der Waals surface area contributed by atoms with Gasteiger partial charge < -0.3 is 9.84 Å². The molecule has 0 saturated heterocycles. The predicted molar refractivity (Wildman–Crippen MR) is 66.0 cm³/mol. The third kappa shape index (κ3) is 3.29. The molecular weight excluding hydrogens is 214 g/mol. The lowest BCUT2D eigenvalue weighted by atomic mass is 10.0. The molecule has 0 fully saturated rings. The summed E-state index contributed by atoms with van der Waals surface area (Å²) >= 11 is 0. The van der Waals surface area contributed by atoms with Crippen LogP contribution >= 0.6 is 0 Å². The molecule has 0 amide bonds. The number of nitrogens with zero attached hydrogens (tertiary/aromatic N) is 1. The highest BCUT2D eigenvalue weighted by atomic mass is 16.5. The van der Waals surface area contributed by atoms with Crippen molar-refractivity contribution in [3.8, 4) is 5.75 Å². The highest BCUT2D eigenvalue weighted by molar-refractivity contribution is 5.21. The molecule has 0 aliphatic carbocycles. The number of hydrogen-bond acceptors (Lipinski definition) is 3. The summed E-state index contributed by atoms with van der Waals surface area (Å²) in [4.78, 5) is 3.97. The fourth-order valence-corrected chi connectivity index (χ4v) is 1.61. The molecule has 1 unspecified atom stereocenters. The number of aromatic nitrogens is 1. The van der Waals surface area contributed by atoms with Crippen LogP contribution in [0, 0.1) is 0 Å². The Morgan fingerprint density at radius 3 is 2.59 bits per heavy atom. The van der Waals surface area contributed by atoms with Gasteiger partial charge >= 0.3 is 0 Å². The molecular formula is C14H15NO2. The summed E-state index contributed by atoms with van der Waals surface area (Å²) in [6.45, 7) is 0.524. The zero-order chi connectivity index (χ0) is 11.9. The monoisotopic (exact) mass is 229 g/mol. The Bertz CT molecular complexity index is 430. The molecule has 1 heterocycles. The van der Waals surface area contributed by atoms with Gasteiger partial charge in [-0.15, -0.1) is 0 Å². The average molecular weight is 229 g/mol. The number of ether oxygens (including phenoxy) is 1. The van der Waals surface area contributed by atoms with Gasteiger partial charge in [0, 0.05) is 12.1 Å². The normalized spacial score (nSPS) is 12.1. The van der Waals surface area contributed by atoms with Crippen molar-refractivity contribution < 1.29 is 9.84 Å². The summed E-state index contributed by atoms with van der Waals surface area (Å²) in [5, 5.41) is 9.36. The van der Waals surface area contributed by atoms with Gasteiger partial charge in [0.25, 0.3) is 0 Å². The van der Waals surface area contributed by atoms with Crippen molar-refractivity contribution in [1.29, 1.82) is 0 Å². The largest absolute Gasteiger partial charge is 0.491 e. The summed E-state index contributed by atoms with van der Waals surface area (Å²) in [6.07, 6.45) is 3.37. The van der Waals surface area contributed by atoms with E-state index in [1.807, 2.05) is 42.5 Å². The molecule has 3 heteroatoms. The minimum atomic E-state index is -0.00333. The summed E-state index contributed by atoms with van der Waals surface area (Å²) < 4.78 is 5.59. The van der Waals surface area contributed by atoms with Gasteiger partial charge in [-0.05, 0) is 17.7 Å². The number of rotatable bonds is 5. The number of hydrogen-bond donors (Lipinski definition) is 1. The van der Waals surface area contributed by atoms with Crippen molar-refractivity contribution in [2.75, 3.05) is 13.2 Å². The van der Waals surface area contributed by atoms with E-state index in [2.05, 4.69) is 4.98 Å². The van der Waals surface area contributed by atoms with Crippen LogP contribution in [-0.4, -0.2) is 23.3 Å².